The fraction of sp³-hybridized carbons (Fsp3) is 0.318. The number of nitrogens with zero attached hydrogens (tertiary/aromatic N) is 3. The Balaban J connectivity index is 1.54. The van der Waals surface area contributed by atoms with E-state index >= 15 is 0 Å². The quantitative estimate of drug-likeness (QED) is 0.651. The normalized spacial score (nSPS) is 19.9. The van der Waals surface area contributed by atoms with E-state index in [0.29, 0.717) is 27.7 Å². The highest BCUT2D eigenvalue weighted by Gasteiger charge is 2.42. The maximum Gasteiger partial charge on any atom is 0.276 e. The molecule has 1 fully saturated rings. The number of aromatic hydroxyl groups is 1. The first-order valence-electron chi connectivity index (χ1n) is 10.1. The summed E-state index contributed by atoms with van der Waals surface area (Å²) in [7, 11) is 0. The molecule has 1 N–H and O–H groups in total. The Morgan fingerprint density at radius 3 is 2.84 bits per heavy atom. The molecule has 166 valence electrons. The number of pyridine rings is 1. The van der Waals surface area contributed by atoms with E-state index in [9.17, 15) is 23.5 Å². The van der Waals surface area contributed by atoms with Crippen molar-refractivity contribution < 1.29 is 23.4 Å². The van der Waals surface area contributed by atoms with Crippen LogP contribution in [0.3, 0.4) is 0 Å². The number of aryl methyl sites for hydroxylation is 1. The van der Waals surface area contributed by atoms with Crippen molar-refractivity contribution in [1.29, 1.82) is 0 Å². The molecule has 10 heteroatoms. The van der Waals surface area contributed by atoms with Gasteiger partial charge >= 0.3 is 0 Å². The summed E-state index contributed by atoms with van der Waals surface area (Å²) in [4.78, 5) is 32.5. The lowest BCUT2D eigenvalue weighted by molar-refractivity contribution is 0.00638. The molecule has 1 amide bonds. The van der Waals surface area contributed by atoms with Gasteiger partial charge in [0.15, 0.2) is 17.7 Å². The molecule has 0 spiro atoms. The molecule has 0 aliphatic carbocycles. The second-order valence-electron chi connectivity index (χ2n) is 8.01. The molecule has 4 heterocycles. The van der Waals surface area contributed by atoms with Gasteiger partial charge in [0.05, 0.1) is 30.5 Å². The summed E-state index contributed by atoms with van der Waals surface area (Å²) in [5.74, 6) is -2.38. The van der Waals surface area contributed by atoms with Crippen LogP contribution in [0.4, 0.5) is 8.78 Å². The molecule has 5 rings (SSSR count). The van der Waals surface area contributed by atoms with Crippen LogP contribution < -0.4 is 5.43 Å². The van der Waals surface area contributed by atoms with Gasteiger partial charge in [-0.05, 0) is 25.5 Å². The van der Waals surface area contributed by atoms with Crippen molar-refractivity contribution in [3.8, 4) is 16.3 Å². The number of carbonyl (C=O) groups is 1. The number of hydrogen-bond donors (Lipinski definition) is 1. The number of amides is 1. The van der Waals surface area contributed by atoms with E-state index in [4.69, 9.17) is 4.74 Å². The fourth-order valence-corrected chi connectivity index (χ4v) is 5.27. The number of fused-ring (bicyclic) bond motifs is 2. The summed E-state index contributed by atoms with van der Waals surface area (Å²) in [6.07, 6.45) is 1.24. The van der Waals surface area contributed by atoms with Gasteiger partial charge in [-0.1, -0.05) is 6.07 Å². The van der Waals surface area contributed by atoms with Gasteiger partial charge in [0, 0.05) is 23.6 Å². The number of rotatable bonds is 3. The Labute approximate surface area is 185 Å². The molecule has 1 aromatic carbocycles. The van der Waals surface area contributed by atoms with Gasteiger partial charge in [0.1, 0.15) is 16.6 Å². The highest BCUT2D eigenvalue weighted by molar-refractivity contribution is 7.15. The number of hydrogen-bond acceptors (Lipinski definition) is 6. The Hall–Kier alpha value is -3.11. The maximum atomic E-state index is 14.1. The van der Waals surface area contributed by atoms with Crippen LogP contribution in [-0.2, 0) is 17.7 Å². The molecule has 32 heavy (non-hydrogen) atoms. The molecule has 2 aliphatic rings. The predicted octanol–water partition coefficient (Wildman–Crippen LogP) is 3.06. The summed E-state index contributed by atoms with van der Waals surface area (Å²) in [6, 6.07) is 3.25. The molecule has 2 atom stereocenters. The van der Waals surface area contributed by atoms with Crippen LogP contribution in [0.15, 0.2) is 29.2 Å². The van der Waals surface area contributed by atoms with Crippen molar-refractivity contribution in [2.75, 3.05) is 6.61 Å². The van der Waals surface area contributed by atoms with Crippen molar-refractivity contribution in [2.24, 2.45) is 0 Å². The van der Waals surface area contributed by atoms with Crippen LogP contribution in [0.1, 0.15) is 33.5 Å². The summed E-state index contributed by atoms with van der Waals surface area (Å²) in [5, 5.41) is 11.0. The molecular formula is C22H19F2N3O4S. The van der Waals surface area contributed by atoms with Gasteiger partial charge in [-0.25, -0.2) is 13.8 Å². The van der Waals surface area contributed by atoms with Gasteiger partial charge in [-0.2, -0.15) is 0 Å². The van der Waals surface area contributed by atoms with Gasteiger partial charge < -0.3 is 19.3 Å². The maximum absolute atomic E-state index is 14.1. The minimum atomic E-state index is -0.691. The van der Waals surface area contributed by atoms with Crippen molar-refractivity contribution in [2.45, 2.75) is 39.1 Å². The van der Waals surface area contributed by atoms with E-state index in [0.717, 1.165) is 6.07 Å². The molecule has 0 radical (unpaired) electrons. The second kappa shape index (κ2) is 7.49. The third-order valence-electron chi connectivity index (χ3n) is 5.85. The lowest BCUT2D eigenvalue weighted by Gasteiger charge is -2.33. The first kappa shape index (κ1) is 20.8. The third kappa shape index (κ3) is 3.21. The fourth-order valence-electron chi connectivity index (χ4n) is 4.17. The predicted molar refractivity (Wildman–Crippen MR) is 113 cm³/mol. The Morgan fingerprint density at radius 2 is 2.09 bits per heavy atom. The molecule has 1 saturated heterocycles. The smallest absolute Gasteiger partial charge is 0.276 e. The molecule has 0 unspecified atom stereocenters. The van der Waals surface area contributed by atoms with E-state index in [-0.39, 0.29) is 30.3 Å². The number of carbonyl (C=O) groups excluding carboxylic acids is 1. The first-order chi connectivity index (χ1) is 15.2. The van der Waals surface area contributed by atoms with E-state index in [1.165, 1.54) is 39.1 Å². The summed E-state index contributed by atoms with van der Waals surface area (Å²) in [6.45, 7) is 4.25. The summed E-state index contributed by atoms with van der Waals surface area (Å²) >= 11 is 1.19. The monoisotopic (exact) mass is 459 g/mol. The molecular weight excluding hydrogens is 440 g/mol. The molecule has 3 aromatic rings. The molecule has 2 aromatic heterocycles. The minimum absolute atomic E-state index is 0.0609. The minimum Gasteiger partial charge on any atom is -0.503 e. The number of ether oxygens (including phenoxy) is 1. The Kier molecular flexibility index (Phi) is 4.86. The molecule has 2 aliphatic heterocycles. The van der Waals surface area contributed by atoms with Crippen LogP contribution in [0.2, 0.25) is 0 Å². The first-order valence-corrected chi connectivity index (χ1v) is 10.9. The Bertz CT molecular complexity index is 1320. The van der Waals surface area contributed by atoms with Crippen molar-refractivity contribution in [3.63, 3.8) is 0 Å². The number of benzene rings is 1. The average molecular weight is 459 g/mol. The number of halogens is 2. The zero-order valence-electron chi connectivity index (χ0n) is 17.3. The van der Waals surface area contributed by atoms with Crippen LogP contribution in [0.25, 0.3) is 10.6 Å². The SMILES string of the molecule is Cc1nc(-c2cn3c(c(O)c2=O)C(=O)N2[C@@H](C)CO[C@@H]2C3)sc1Cc1ccc(F)cc1F. The van der Waals surface area contributed by atoms with Crippen LogP contribution in [0, 0.1) is 18.6 Å². The highest BCUT2D eigenvalue weighted by Crippen LogP contribution is 2.33. The standard InChI is InChI=1S/C22H19F2N3O4S/c1-10-9-31-17-8-26-7-14(19(28)20(29)18(26)22(30)27(10)17)21-25-11(2)16(32-21)5-12-3-4-13(23)6-15(12)24/h3-4,6-7,10,17,29H,5,8-9H2,1-2H3/t10-,17+/m0/s1. The van der Waals surface area contributed by atoms with Crippen LogP contribution >= 0.6 is 11.3 Å². The Morgan fingerprint density at radius 1 is 1.31 bits per heavy atom. The van der Waals surface area contributed by atoms with E-state index < -0.39 is 34.9 Å². The zero-order chi connectivity index (χ0) is 22.7. The topological polar surface area (TPSA) is 84.7 Å². The van der Waals surface area contributed by atoms with Crippen molar-refractivity contribution >= 4 is 17.2 Å². The van der Waals surface area contributed by atoms with Crippen LogP contribution in [-0.4, -0.2) is 44.3 Å². The van der Waals surface area contributed by atoms with E-state index in [2.05, 4.69) is 4.98 Å². The lowest BCUT2D eigenvalue weighted by Crippen LogP contribution is -2.48. The van der Waals surface area contributed by atoms with Crippen molar-refractivity contribution in [1.82, 2.24) is 14.5 Å². The third-order valence-corrected chi connectivity index (χ3v) is 7.04. The van der Waals surface area contributed by atoms with E-state index in [1.807, 2.05) is 6.92 Å². The number of thiazole rings is 1. The van der Waals surface area contributed by atoms with Gasteiger partial charge in [-0.15, -0.1) is 11.3 Å². The van der Waals surface area contributed by atoms with Gasteiger partial charge in [-0.3, -0.25) is 9.59 Å². The molecule has 7 nitrogen and oxygen atoms in total. The zero-order valence-corrected chi connectivity index (χ0v) is 18.1. The second-order valence-corrected chi connectivity index (χ2v) is 9.09. The van der Waals surface area contributed by atoms with Gasteiger partial charge in [0.2, 0.25) is 5.43 Å². The van der Waals surface area contributed by atoms with Gasteiger partial charge in [0.25, 0.3) is 5.91 Å². The highest BCUT2D eigenvalue weighted by atomic mass is 32.1. The average Bonchev–Trinajstić information content (AvgIpc) is 3.29. The summed E-state index contributed by atoms with van der Waals surface area (Å²) < 4.78 is 34.5. The number of aromatic nitrogens is 2. The molecule has 0 bridgehead atoms. The summed E-state index contributed by atoms with van der Waals surface area (Å²) in [5.41, 5.74) is 0.314. The van der Waals surface area contributed by atoms with Crippen LogP contribution in [0.5, 0.6) is 5.75 Å². The largest absolute Gasteiger partial charge is 0.503 e. The lowest BCUT2D eigenvalue weighted by atomic mass is 10.1. The van der Waals surface area contributed by atoms with E-state index in [1.54, 1.807) is 6.92 Å². The molecule has 0 saturated carbocycles. The van der Waals surface area contributed by atoms with Crippen molar-refractivity contribution in [3.05, 3.63) is 68.1 Å².